The van der Waals surface area contributed by atoms with Gasteiger partial charge in [-0.15, -0.1) is 0 Å². The fourth-order valence-corrected chi connectivity index (χ4v) is 1.92. The van der Waals surface area contributed by atoms with Gasteiger partial charge in [-0.05, 0) is 32.1 Å². The van der Waals surface area contributed by atoms with Gasteiger partial charge in [0.2, 0.25) is 0 Å². The molecule has 0 saturated heterocycles. The van der Waals surface area contributed by atoms with Crippen molar-refractivity contribution in [3.05, 3.63) is 0 Å². The quantitative estimate of drug-likeness (QED) is 0.438. The topological polar surface area (TPSA) is 102 Å². The monoisotopic (exact) mass is 199 g/mol. The molecule has 0 bridgehead atoms. The Morgan fingerprint density at radius 1 is 1.57 bits per heavy atom. The lowest BCUT2D eigenvalue weighted by atomic mass is 9.99. The summed E-state index contributed by atoms with van der Waals surface area (Å²) in [5.41, 5.74) is 11.0. The Labute approximate surface area is 83.2 Å². The largest absolute Gasteiger partial charge is 0.480 e. The minimum atomic E-state index is -0.927. The maximum atomic E-state index is 10.6. The van der Waals surface area contributed by atoms with Gasteiger partial charge in [-0.3, -0.25) is 9.79 Å². The molecule has 1 rings (SSSR count). The van der Waals surface area contributed by atoms with Crippen molar-refractivity contribution in [1.82, 2.24) is 0 Å². The summed E-state index contributed by atoms with van der Waals surface area (Å²) in [5.74, 6) is -0.329. The number of hydrogen-bond donors (Lipinski definition) is 3. The zero-order valence-electron chi connectivity index (χ0n) is 8.31. The molecule has 1 saturated carbocycles. The SMILES string of the molecule is CC(N)=N[C@@H]1CC[C@H]([C@H](N)C(=O)O)C1. The number of nitrogens with zero attached hydrogens (tertiary/aromatic N) is 1. The van der Waals surface area contributed by atoms with Crippen LogP contribution in [0.5, 0.6) is 0 Å². The number of carboxylic acid groups (broad SMARTS) is 1. The maximum absolute atomic E-state index is 10.6. The number of hydrogen-bond acceptors (Lipinski definition) is 3. The number of carbonyl (C=O) groups is 1. The van der Waals surface area contributed by atoms with Gasteiger partial charge >= 0.3 is 5.97 Å². The highest BCUT2D eigenvalue weighted by molar-refractivity contribution is 5.77. The van der Waals surface area contributed by atoms with Crippen LogP contribution in [-0.4, -0.2) is 29.0 Å². The Morgan fingerprint density at radius 2 is 2.21 bits per heavy atom. The Kier molecular flexibility index (Phi) is 3.46. The number of aliphatic imine (C=N–C) groups is 1. The summed E-state index contributed by atoms with van der Waals surface area (Å²) < 4.78 is 0. The van der Waals surface area contributed by atoms with E-state index in [2.05, 4.69) is 4.99 Å². The maximum Gasteiger partial charge on any atom is 0.320 e. The van der Waals surface area contributed by atoms with Crippen molar-refractivity contribution < 1.29 is 9.90 Å². The fourth-order valence-electron chi connectivity index (χ4n) is 1.92. The van der Waals surface area contributed by atoms with Gasteiger partial charge in [-0.1, -0.05) is 0 Å². The summed E-state index contributed by atoms with van der Waals surface area (Å²) in [6.45, 7) is 1.74. The Hall–Kier alpha value is -1.10. The van der Waals surface area contributed by atoms with Crippen LogP contribution in [0.1, 0.15) is 26.2 Å². The average Bonchev–Trinajstić information content (AvgIpc) is 2.50. The molecule has 1 aliphatic carbocycles. The second-order valence-corrected chi connectivity index (χ2v) is 3.86. The first-order valence-corrected chi connectivity index (χ1v) is 4.79. The van der Waals surface area contributed by atoms with Crippen LogP contribution in [0.2, 0.25) is 0 Å². The minimum Gasteiger partial charge on any atom is -0.480 e. The number of nitrogens with two attached hydrogens (primary N) is 2. The summed E-state index contributed by atoms with van der Waals surface area (Å²) in [5, 5.41) is 8.73. The molecule has 0 aliphatic heterocycles. The highest BCUT2D eigenvalue weighted by Crippen LogP contribution is 2.29. The first-order valence-electron chi connectivity index (χ1n) is 4.79. The van der Waals surface area contributed by atoms with E-state index in [1.165, 1.54) is 0 Å². The van der Waals surface area contributed by atoms with Crippen LogP contribution >= 0.6 is 0 Å². The zero-order chi connectivity index (χ0) is 10.7. The molecule has 1 fully saturated rings. The highest BCUT2D eigenvalue weighted by atomic mass is 16.4. The van der Waals surface area contributed by atoms with Crippen molar-refractivity contribution in [2.45, 2.75) is 38.3 Å². The molecule has 1 aliphatic rings. The van der Waals surface area contributed by atoms with Gasteiger partial charge in [0.1, 0.15) is 6.04 Å². The van der Waals surface area contributed by atoms with Crippen molar-refractivity contribution in [2.24, 2.45) is 22.4 Å². The van der Waals surface area contributed by atoms with Crippen molar-refractivity contribution in [2.75, 3.05) is 0 Å². The second-order valence-electron chi connectivity index (χ2n) is 3.86. The first kappa shape index (κ1) is 11.0. The van der Waals surface area contributed by atoms with E-state index in [1.54, 1.807) is 6.92 Å². The Balaban J connectivity index is 2.49. The van der Waals surface area contributed by atoms with E-state index in [-0.39, 0.29) is 12.0 Å². The van der Waals surface area contributed by atoms with Gasteiger partial charge in [-0.25, -0.2) is 0 Å². The number of rotatable bonds is 3. The molecular formula is C9H17N3O2. The third-order valence-corrected chi connectivity index (χ3v) is 2.62. The molecule has 0 unspecified atom stereocenters. The van der Waals surface area contributed by atoms with Gasteiger partial charge in [0, 0.05) is 0 Å². The average molecular weight is 199 g/mol. The van der Waals surface area contributed by atoms with Gasteiger partial charge < -0.3 is 16.6 Å². The third-order valence-electron chi connectivity index (χ3n) is 2.62. The van der Waals surface area contributed by atoms with E-state index in [1.807, 2.05) is 0 Å². The molecule has 14 heavy (non-hydrogen) atoms. The molecule has 0 aromatic rings. The van der Waals surface area contributed by atoms with E-state index < -0.39 is 12.0 Å². The molecule has 5 nitrogen and oxygen atoms in total. The lowest BCUT2D eigenvalue weighted by Crippen LogP contribution is -2.37. The van der Waals surface area contributed by atoms with E-state index in [4.69, 9.17) is 16.6 Å². The first-order chi connectivity index (χ1) is 6.50. The lowest BCUT2D eigenvalue weighted by Gasteiger charge is -2.13. The minimum absolute atomic E-state index is 0.0422. The van der Waals surface area contributed by atoms with E-state index >= 15 is 0 Å². The summed E-state index contributed by atoms with van der Waals surface area (Å²) in [6, 6.07) is -0.594. The van der Waals surface area contributed by atoms with Crippen LogP contribution < -0.4 is 11.5 Å². The van der Waals surface area contributed by atoms with Gasteiger partial charge in [-0.2, -0.15) is 0 Å². The number of amidine groups is 1. The van der Waals surface area contributed by atoms with E-state index in [9.17, 15) is 4.79 Å². The zero-order valence-corrected chi connectivity index (χ0v) is 8.31. The van der Waals surface area contributed by atoms with Crippen molar-refractivity contribution in [1.29, 1.82) is 0 Å². The molecule has 0 heterocycles. The van der Waals surface area contributed by atoms with Crippen LogP contribution in [0.25, 0.3) is 0 Å². The molecule has 5 N–H and O–H groups in total. The van der Waals surface area contributed by atoms with Crippen LogP contribution in [0.3, 0.4) is 0 Å². The highest BCUT2D eigenvalue weighted by Gasteiger charge is 2.32. The van der Waals surface area contributed by atoms with Gasteiger partial charge in [0.25, 0.3) is 0 Å². The van der Waals surface area contributed by atoms with Crippen LogP contribution in [-0.2, 0) is 4.79 Å². The van der Waals surface area contributed by atoms with Crippen molar-refractivity contribution >= 4 is 11.8 Å². The summed E-state index contributed by atoms with van der Waals surface area (Å²) in [7, 11) is 0. The molecule has 0 amide bonds. The van der Waals surface area contributed by atoms with Gasteiger partial charge in [0.05, 0.1) is 11.9 Å². The third kappa shape index (κ3) is 2.70. The Bertz CT molecular complexity index is 248. The standard InChI is InChI=1S/C9H17N3O2/c1-5(10)12-7-3-2-6(4-7)8(11)9(13)14/h6-8H,2-4,11H2,1H3,(H2,10,12)(H,13,14)/t6-,7+,8-/m0/s1. The second kappa shape index (κ2) is 4.41. The van der Waals surface area contributed by atoms with Crippen molar-refractivity contribution in [3.63, 3.8) is 0 Å². The van der Waals surface area contributed by atoms with Crippen LogP contribution in [0, 0.1) is 5.92 Å². The van der Waals surface area contributed by atoms with E-state index in [0.717, 1.165) is 19.3 Å². The molecule has 5 heteroatoms. The van der Waals surface area contributed by atoms with E-state index in [0.29, 0.717) is 5.84 Å². The predicted molar refractivity (Wildman–Crippen MR) is 54.0 cm³/mol. The summed E-state index contributed by atoms with van der Waals surface area (Å²) in [6.07, 6.45) is 2.46. The molecule has 0 spiro atoms. The van der Waals surface area contributed by atoms with Crippen LogP contribution in [0.15, 0.2) is 4.99 Å². The molecule has 3 atom stereocenters. The normalized spacial score (nSPS) is 30.3. The smallest absolute Gasteiger partial charge is 0.320 e. The molecule has 80 valence electrons. The summed E-state index contributed by atoms with van der Waals surface area (Å²) >= 11 is 0. The molecular weight excluding hydrogens is 182 g/mol. The molecule has 0 aromatic carbocycles. The number of carboxylic acids is 1. The predicted octanol–water partition coefficient (Wildman–Crippen LogP) is -0.0559. The Morgan fingerprint density at radius 3 is 2.71 bits per heavy atom. The van der Waals surface area contributed by atoms with Crippen molar-refractivity contribution in [3.8, 4) is 0 Å². The molecule has 0 radical (unpaired) electrons. The van der Waals surface area contributed by atoms with Gasteiger partial charge in [0.15, 0.2) is 0 Å². The number of aliphatic carboxylic acids is 1. The van der Waals surface area contributed by atoms with Crippen LogP contribution in [0.4, 0.5) is 0 Å². The fraction of sp³-hybridized carbons (Fsp3) is 0.778. The summed E-state index contributed by atoms with van der Waals surface area (Å²) in [4.78, 5) is 14.8. The molecule has 0 aromatic heterocycles. The lowest BCUT2D eigenvalue weighted by molar-refractivity contribution is -0.139.